The molecule has 1 atom stereocenters. The third kappa shape index (κ3) is 3.07. The highest BCUT2D eigenvalue weighted by Crippen LogP contribution is 2.18. The Morgan fingerprint density at radius 1 is 1.40 bits per heavy atom. The molecule has 3 N–H and O–H groups in total. The van der Waals surface area contributed by atoms with Crippen LogP contribution in [-0.4, -0.2) is 28.5 Å². The summed E-state index contributed by atoms with van der Waals surface area (Å²) in [5.41, 5.74) is 1.57. The molecule has 1 aromatic heterocycles. The van der Waals surface area contributed by atoms with Crippen LogP contribution < -0.4 is 10.9 Å². The summed E-state index contributed by atoms with van der Waals surface area (Å²) in [4.78, 5) is 37.3. The molecule has 1 amide bonds. The van der Waals surface area contributed by atoms with Gasteiger partial charge in [-0.25, -0.2) is 0 Å². The molecule has 1 aliphatic carbocycles. The molecule has 0 aliphatic heterocycles. The number of aryl methyl sites for hydroxylation is 2. The third-order valence-corrected chi connectivity index (χ3v) is 3.57. The minimum Gasteiger partial charge on any atom is -0.481 e. The predicted molar refractivity (Wildman–Crippen MR) is 72.8 cm³/mol. The summed E-state index contributed by atoms with van der Waals surface area (Å²) in [7, 11) is 0. The number of fused-ring (bicyclic) bond motifs is 1. The molecular formula is C14H18N2O4. The lowest BCUT2D eigenvalue weighted by molar-refractivity contribution is -0.140. The zero-order valence-corrected chi connectivity index (χ0v) is 11.4. The Labute approximate surface area is 116 Å². The number of hydrogen-bond donors (Lipinski definition) is 3. The smallest absolute Gasteiger partial charge is 0.308 e. The van der Waals surface area contributed by atoms with Gasteiger partial charge in [0.1, 0.15) is 5.56 Å². The van der Waals surface area contributed by atoms with E-state index in [1.54, 1.807) is 6.07 Å². The van der Waals surface area contributed by atoms with Crippen molar-refractivity contribution < 1.29 is 14.7 Å². The number of nitrogens with one attached hydrogen (secondary N) is 2. The van der Waals surface area contributed by atoms with Crippen molar-refractivity contribution in [3.8, 4) is 0 Å². The summed E-state index contributed by atoms with van der Waals surface area (Å²) in [5.74, 6) is -2.19. The summed E-state index contributed by atoms with van der Waals surface area (Å²) in [6.45, 7) is 1.50. The van der Waals surface area contributed by atoms with Gasteiger partial charge in [0.25, 0.3) is 11.5 Å². The quantitative estimate of drug-likeness (QED) is 0.755. The zero-order chi connectivity index (χ0) is 14.7. The van der Waals surface area contributed by atoms with E-state index in [1.807, 2.05) is 0 Å². The lowest BCUT2D eigenvalue weighted by Crippen LogP contribution is -2.35. The van der Waals surface area contributed by atoms with Crippen molar-refractivity contribution in [2.75, 3.05) is 6.54 Å². The first-order chi connectivity index (χ1) is 9.49. The predicted octanol–water partition coefficient (Wildman–Crippen LogP) is 0.704. The van der Waals surface area contributed by atoms with E-state index in [1.165, 1.54) is 6.92 Å². The maximum absolute atomic E-state index is 12.0. The number of carbonyl (C=O) groups is 2. The fourth-order valence-corrected chi connectivity index (χ4v) is 2.27. The number of carbonyl (C=O) groups excluding carboxylic acids is 1. The van der Waals surface area contributed by atoms with Crippen LogP contribution >= 0.6 is 0 Å². The van der Waals surface area contributed by atoms with Crippen LogP contribution in [-0.2, 0) is 17.6 Å². The number of carboxylic acids is 1. The fourth-order valence-electron chi connectivity index (χ4n) is 2.27. The summed E-state index contributed by atoms with van der Waals surface area (Å²) in [5, 5.41) is 11.2. The Kier molecular flexibility index (Phi) is 4.22. The number of amides is 1. The number of aromatic nitrogens is 1. The van der Waals surface area contributed by atoms with Crippen LogP contribution in [0.3, 0.4) is 0 Å². The van der Waals surface area contributed by atoms with Crippen LogP contribution in [0.1, 0.15) is 41.4 Å². The second-order valence-corrected chi connectivity index (χ2v) is 5.17. The van der Waals surface area contributed by atoms with E-state index in [-0.39, 0.29) is 12.1 Å². The Bertz CT molecular complexity index is 591. The van der Waals surface area contributed by atoms with Gasteiger partial charge in [0.05, 0.1) is 5.92 Å². The Hall–Kier alpha value is -2.11. The zero-order valence-electron chi connectivity index (χ0n) is 11.4. The molecule has 6 heteroatoms. The molecule has 1 aliphatic rings. The lowest BCUT2D eigenvalue weighted by atomic mass is 9.95. The van der Waals surface area contributed by atoms with Gasteiger partial charge in [-0.3, -0.25) is 14.4 Å². The van der Waals surface area contributed by atoms with Crippen LogP contribution in [0.15, 0.2) is 10.9 Å². The van der Waals surface area contributed by atoms with E-state index in [9.17, 15) is 14.4 Å². The van der Waals surface area contributed by atoms with Crippen molar-refractivity contribution in [2.45, 2.75) is 32.6 Å². The van der Waals surface area contributed by atoms with E-state index in [4.69, 9.17) is 5.11 Å². The minimum absolute atomic E-state index is 0.00465. The summed E-state index contributed by atoms with van der Waals surface area (Å²) in [6, 6.07) is 1.63. The molecule has 0 spiro atoms. The van der Waals surface area contributed by atoms with Crippen molar-refractivity contribution in [2.24, 2.45) is 5.92 Å². The van der Waals surface area contributed by atoms with E-state index < -0.39 is 23.4 Å². The fraction of sp³-hybridized carbons (Fsp3) is 0.500. The SMILES string of the molecule is CC(CNC(=O)c1cc2c([nH]c1=O)CCCC2)C(=O)O. The average Bonchev–Trinajstić information content (AvgIpc) is 2.43. The van der Waals surface area contributed by atoms with Gasteiger partial charge in [-0.2, -0.15) is 0 Å². The van der Waals surface area contributed by atoms with Gasteiger partial charge in [0.15, 0.2) is 0 Å². The number of rotatable bonds is 4. The van der Waals surface area contributed by atoms with Crippen LogP contribution in [0, 0.1) is 5.92 Å². The average molecular weight is 278 g/mol. The molecule has 108 valence electrons. The first-order valence-electron chi connectivity index (χ1n) is 6.75. The lowest BCUT2D eigenvalue weighted by Gasteiger charge is -2.16. The van der Waals surface area contributed by atoms with E-state index >= 15 is 0 Å². The van der Waals surface area contributed by atoms with Crippen LogP contribution in [0.2, 0.25) is 0 Å². The number of pyridine rings is 1. The highest BCUT2D eigenvalue weighted by Gasteiger charge is 2.18. The molecule has 0 saturated carbocycles. The molecule has 0 radical (unpaired) electrons. The number of H-pyrrole nitrogens is 1. The molecule has 0 aromatic carbocycles. The standard InChI is InChI=1S/C14H18N2O4/c1-8(14(19)20)7-15-12(17)10-6-9-4-2-3-5-11(9)16-13(10)18/h6,8H,2-5,7H2,1H3,(H,15,17)(H,16,18)(H,19,20). The molecule has 0 fully saturated rings. The molecule has 0 bridgehead atoms. The van der Waals surface area contributed by atoms with Crippen LogP contribution in [0.25, 0.3) is 0 Å². The van der Waals surface area contributed by atoms with Gasteiger partial charge >= 0.3 is 5.97 Å². The Balaban J connectivity index is 2.14. The highest BCUT2D eigenvalue weighted by atomic mass is 16.4. The van der Waals surface area contributed by atoms with Gasteiger partial charge in [0.2, 0.25) is 0 Å². The van der Waals surface area contributed by atoms with E-state index in [0.29, 0.717) is 0 Å². The molecule has 1 heterocycles. The van der Waals surface area contributed by atoms with Gasteiger partial charge < -0.3 is 15.4 Å². The first kappa shape index (κ1) is 14.3. The third-order valence-electron chi connectivity index (χ3n) is 3.57. The summed E-state index contributed by atoms with van der Waals surface area (Å²) < 4.78 is 0. The molecular weight excluding hydrogens is 260 g/mol. The van der Waals surface area contributed by atoms with Crippen molar-refractivity contribution in [3.05, 3.63) is 33.2 Å². The van der Waals surface area contributed by atoms with Gasteiger partial charge in [-0.05, 0) is 37.3 Å². The summed E-state index contributed by atoms with van der Waals surface area (Å²) in [6.07, 6.45) is 3.79. The second-order valence-electron chi connectivity index (χ2n) is 5.17. The maximum Gasteiger partial charge on any atom is 0.308 e. The molecule has 6 nitrogen and oxygen atoms in total. The molecule has 20 heavy (non-hydrogen) atoms. The largest absolute Gasteiger partial charge is 0.481 e. The van der Waals surface area contributed by atoms with Gasteiger partial charge in [0, 0.05) is 12.2 Å². The van der Waals surface area contributed by atoms with Gasteiger partial charge in [-0.1, -0.05) is 6.92 Å². The molecule has 2 rings (SSSR count). The van der Waals surface area contributed by atoms with Crippen molar-refractivity contribution in [1.82, 2.24) is 10.3 Å². The number of aromatic amines is 1. The van der Waals surface area contributed by atoms with Gasteiger partial charge in [-0.15, -0.1) is 0 Å². The first-order valence-corrected chi connectivity index (χ1v) is 6.75. The minimum atomic E-state index is -0.982. The van der Waals surface area contributed by atoms with E-state index in [0.717, 1.165) is 36.9 Å². The number of aliphatic carboxylic acids is 1. The van der Waals surface area contributed by atoms with Crippen molar-refractivity contribution in [1.29, 1.82) is 0 Å². The van der Waals surface area contributed by atoms with Crippen molar-refractivity contribution >= 4 is 11.9 Å². The topological polar surface area (TPSA) is 99.3 Å². The maximum atomic E-state index is 12.0. The van der Waals surface area contributed by atoms with Crippen LogP contribution in [0.5, 0.6) is 0 Å². The Morgan fingerprint density at radius 3 is 2.80 bits per heavy atom. The second kappa shape index (κ2) is 5.90. The molecule has 1 unspecified atom stereocenters. The molecule has 0 saturated heterocycles. The molecule has 1 aromatic rings. The highest BCUT2D eigenvalue weighted by molar-refractivity contribution is 5.94. The summed E-state index contributed by atoms with van der Waals surface area (Å²) >= 11 is 0. The van der Waals surface area contributed by atoms with E-state index in [2.05, 4.69) is 10.3 Å². The number of hydrogen-bond acceptors (Lipinski definition) is 3. The van der Waals surface area contributed by atoms with Crippen LogP contribution in [0.4, 0.5) is 0 Å². The van der Waals surface area contributed by atoms with Crippen molar-refractivity contribution in [3.63, 3.8) is 0 Å². The normalized spacial score (nSPS) is 15.2. The Morgan fingerprint density at radius 2 is 2.10 bits per heavy atom. The monoisotopic (exact) mass is 278 g/mol. The number of carboxylic acid groups (broad SMARTS) is 1.